The Morgan fingerprint density at radius 2 is 1.74 bits per heavy atom. The Morgan fingerprint density at radius 1 is 1.22 bits per heavy atom. The van der Waals surface area contributed by atoms with E-state index in [0.717, 1.165) is 0 Å². The monoisotopic (exact) mass is 325 g/mol. The predicted molar refractivity (Wildman–Crippen MR) is 87.0 cm³/mol. The van der Waals surface area contributed by atoms with Crippen molar-refractivity contribution in [2.45, 2.75) is 83.9 Å². The van der Waals surface area contributed by atoms with Crippen molar-refractivity contribution in [3.8, 4) is 0 Å². The Labute approximate surface area is 139 Å². The van der Waals surface area contributed by atoms with Gasteiger partial charge in [-0.05, 0) is 54.9 Å². The molecule has 0 saturated carbocycles. The lowest BCUT2D eigenvalue weighted by molar-refractivity contribution is -0.132. The SMILES string of the molecule is CC(C)(C)OC(=O)N1CCC(B2OC(C)(C)C(C)(C)O2)CC1=O. The van der Waals surface area contributed by atoms with E-state index in [1.807, 2.05) is 27.7 Å². The predicted octanol–water partition coefficient (Wildman–Crippen LogP) is 3.01. The summed E-state index contributed by atoms with van der Waals surface area (Å²) < 4.78 is 17.3. The Bertz CT molecular complexity index is 481. The van der Waals surface area contributed by atoms with Gasteiger partial charge in [-0.2, -0.15) is 0 Å². The van der Waals surface area contributed by atoms with Gasteiger partial charge in [-0.1, -0.05) is 0 Å². The maximum absolute atomic E-state index is 12.3. The molecular formula is C16H28BNO5. The van der Waals surface area contributed by atoms with Crippen LogP contribution < -0.4 is 0 Å². The first-order valence-electron chi connectivity index (χ1n) is 8.21. The molecule has 6 nitrogen and oxygen atoms in total. The van der Waals surface area contributed by atoms with Crippen LogP contribution in [0.3, 0.4) is 0 Å². The fraction of sp³-hybridized carbons (Fsp3) is 0.875. The zero-order chi connectivity index (χ0) is 17.6. The van der Waals surface area contributed by atoms with Crippen molar-refractivity contribution in [3.05, 3.63) is 0 Å². The minimum Gasteiger partial charge on any atom is -0.443 e. The van der Waals surface area contributed by atoms with Crippen molar-refractivity contribution in [3.63, 3.8) is 0 Å². The van der Waals surface area contributed by atoms with Gasteiger partial charge in [0.15, 0.2) is 0 Å². The number of rotatable bonds is 1. The molecule has 0 aromatic heterocycles. The summed E-state index contributed by atoms with van der Waals surface area (Å²) in [5, 5.41) is 0. The van der Waals surface area contributed by atoms with Crippen molar-refractivity contribution < 1.29 is 23.6 Å². The number of piperidine rings is 1. The van der Waals surface area contributed by atoms with Crippen LogP contribution in [-0.4, -0.2) is 47.4 Å². The van der Waals surface area contributed by atoms with Gasteiger partial charge in [0, 0.05) is 18.8 Å². The molecule has 0 radical (unpaired) electrons. The molecular weight excluding hydrogens is 297 g/mol. The summed E-state index contributed by atoms with van der Waals surface area (Å²) in [6.07, 6.45) is 0.313. The highest BCUT2D eigenvalue weighted by molar-refractivity contribution is 6.48. The standard InChI is InChI=1S/C16H28BNO5/c1-14(2,3)21-13(20)18-9-8-11(10-12(18)19)17-22-15(4,5)16(6,7)23-17/h11H,8-10H2,1-7H3. The normalized spacial score (nSPS) is 27.3. The van der Waals surface area contributed by atoms with Crippen LogP contribution in [0, 0.1) is 0 Å². The van der Waals surface area contributed by atoms with E-state index in [2.05, 4.69) is 0 Å². The summed E-state index contributed by atoms with van der Waals surface area (Å²) in [4.78, 5) is 25.6. The van der Waals surface area contributed by atoms with Crippen LogP contribution in [0.15, 0.2) is 0 Å². The minimum atomic E-state index is -0.611. The Balaban J connectivity index is 1.97. The van der Waals surface area contributed by atoms with Gasteiger partial charge in [0.25, 0.3) is 0 Å². The van der Waals surface area contributed by atoms with Gasteiger partial charge >= 0.3 is 13.2 Å². The highest BCUT2D eigenvalue weighted by Gasteiger charge is 2.54. The molecule has 2 saturated heterocycles. The van der Waals surface area contributed by atoms with Crippen molar-refractivity contribution in [2.75, 3.05) is 6.54 Å². The smallest absolute Gasteiger partial charge is 0.443 e. The van der Waals surface area contributed by atoms with Crippen LogP contribution in [-0.2, 0) is 18.8 Å². The number of amides is 2. The molecule has 0 spiro atoms. The quantitative estimate of drug-likeness (QED) is 0.694. The Morgan fingerprint density at radius 3 is 2.17 bits per heavy atom. The highest BCUT2D eigenvalue weighted by atomic mass is 16.7. The molecule has 2 amide bonds. The molecule has 0 N–H and O–H groups in total. The maximum atomic E-state index is 12.3. The summed E-state index contributed by atoms with van der Waals surface area (Å²) >= 11 is 0. The van der Waals surface area contributed by atoms with Crippen molar-refractivity contribution >= 4 is 19.1 Å². The molecule has 130 valence electrons. The van der Waals surface area contributed by atoms with E-state index in [9.17, 15) is 9.59 Å². The van der Waals surface area contributed by atoms with E-state index in [1.165, 1.54) is 4.90 Å². The average molecular weight is 325 g/mol. The van der Waals surface area contributed by atoms with E-state index >= 15 is 0 Å². The molecule has 1 atom stereocenters. The lowest BCUT2D eigenvalue weighted by Gasteiger charge is -2.32. The number of likely N-dealkylation sites (tertiary alicyclic amines) is 1. The van der Waals surface area contributed by atoms with Crippen LogP contribution in [0.2, 0.25) is 5.82 Å². The van der Waals surface area contributed by atoms with E-state index in [-0.39, 0.29) is 18.1 Å². The highest BCUT2D eigenvalue weighted by Crippen LogP contribution is 2.42. The second-order valence-electron chi connectivity index (χ2n) is 8.40. The number of nitrogens with zero attached hydrogens (tertiary/aromatic N) is 1. The number of hydrogen-bond donors (Lipinski definition) is 0. The molecule has 0 aromatic rings. The maximum Gasteiger partial charge on any atom is 0.461 e. The fourth-order valence-electron chi connectivity index (χ4n) is 2.68. The number of imide groups is 1. The lowest BCUT2D eigenvalue weighted by Crippen LogP contribution is -2.46. The molecule has 23 heavy (non-hydrogen) atoms. The first kappa shape index (κ1) is 18.3. The molecule has 2 heterocycles. The van der Waals surface area contributed by atoms with Gasteiger partial charge < -0.3 is 14.0 Å². The molecule has 2 fully saturated rings. The zero-order valence-electron chi connectivity index (χ0n) is 15.3. The average Bonchev–Trinajstić information content (AvgIpc) is 2.56. The number of carbonyl (C=O) groups excluding carboxylic acids is 2. The second-order valence-corrected chi connectivity index (χ2v) is 8.40. The fourth-order valence-corrected chi connectivity index (χ4v) is 2.68. The van der Waals surface area contributed by atoms with Crippen molar-refractivity contribution in [2.24, 2.45) is 0 Å². The first-order chi connectivity index (χ1) is 10.3. The third-order valence-corrected chi connectivity index (χ3v) is 4.73. The zero-order valence-corrected chi connectivity index (χ0v) is 15.3. The number of ether oxygens (including phenoxy) is 1. The van der Waals surface area contributed by atoms with Crippen molar-refractivity contribution in [1.82, 2.24) is 4.90 Å². The summed E-state index contributed by atoms with van der Waals surface area (Å²) in [5.74, 6) is -0.271. The van der Waals surface area contributed by atoms with Gasteiger partial charge in [0.2, 0.25) is 5.91 Å². The first-order valence-corrected chi connectivity index (χ1v) is 8.21. The molecule has 7 heteroatoms. The van der Waals surface area contributed by atoms with Gasteiger partial charge in [0.05, 0.1) is 11.2 Å². The molecule has 2 aliphatic rings. The Kier molecular flexibility index (Phi) is 4.59. The Hall–Kier alpha value is -1.08. The van der Waals surface area contributed by atoms with Gasteiger partial charge in [-0.3, -0.25) is 4.79 Å². The largest absolute Gasteiger partial charge is 0.461 e. The van der Waals surface area contributed by atoms with E-state index in [1.54, 1.807) is 20.8 Å². The minimum absolute atomic E-state index is 0.0396. The van der Waals surface area contributed by atoms with Crippen LogP contribution in [0.5, 0.6) is 0 Å². The molecule has 0 aliphatic carbocycles. The van der Waals surface area contributed by atoms with Gasteiger partial charge in [-0.25, -0.2) is 9.69 Å². The third-order valence-electron chi connectivity index (χ3n) is 4.73. The summed E-state index contributed by atoms with van der Waals surface area (Å²) in [7, 11) is -0.412. The van der Waals surface area contributed by atoms with E-state index < -0.39 is 30.0 Å². The molecule has 0 aromatic carbocycles. The van der Waals surface area contributed by atoms with E-state index in [4.69, 9.17) is 14.0 Å². The van der Waals surface area contributed by atoms with Crippen molar-refractivity contribution in [1.29, 1.82) is 0 Å². The van der Waals surface area contributed by atoms with Crippen LogP contribution >= 0.6 is 0 Å². The third kappa shape index (κ3) is 3.88. The van der Waals surface area contributed by atoms with Crippen LogP contribution in [0.1, 0.15) is 61.3 Å². The molecule has 1 unspecified atom stereocenters. The molecule has 2 aliphatic heterocycles. The summed E-state index contributed by atoms with van der Waals surface area (Å²) in [6, 6.07) is 0. The summed E-state index contributed by atoms with van der Waals surface area (Å²) in [6.45, 7) is 13.7. The van der Waals surface area contributed by atoms with Crippen LogP contribution in [0.4, 0.5) is 4.79 Å². The lowest BCUT2D eigenvalue weighted by atomic mass is 9.66. The summed E-state index contributed by atoms with van der Waals surface area (Å²) in [5.41, 5.74) is -1.44. The topological polar surface area (TPSA) is 65.1 Å². The number of hydrogen-bond acceptors (Lipinski definition) is 5. The number of carbonyl (C=O) groups is 2. The van der Waals surface area contributed by atoms with E-state index in [0.29, 0.717) is 13.0 Å². The van der Waals surface area contributed by atoms with Crippen LogP contribution in [0.25, 0.3) is 0 Å². The second kappa shape index (κ2) is 5.78. The van der Waals surface area contributed by atoms with Gasteiger partial charge in [0.1, 0.15) is 5.60 Å². The molecule has 2 rings (SSSR count). The molecule has 0 bridgehead atoms. The van der Waals surface area contributed by atoms with Gasteiger partial charge in [-0.15, -0.1) is 0 Å².